The molecule has 12 heteroatoms. The smallest absolute Gasteiger partial charge is 0.407 e. The van der Waals surface area contributed by atoms with Crippen LogP contribution < -0.4 is 15.8 Å². The summed E-state index contributed by atoms with van der Waals surface area (Å²) < 4.78 is 27.8. The molecule has 10 nitrogen and oxygen atoms in total. The van der Waals surface area contributed by atoms with Crippen LogP contribution in [0.5, 0.6) is 0 Å². The lowest BCUT2D eigenvalue weighted by Crippen LogP contribution is -2.28. The van der Waals surface area contributed by atoms with Crippen LogP contribution in [0.2, 0.25) is 0 Å². The lowest BCUT2D eigenvalue weighted by atomic mass is 9.98. The van der Waals surface area contributed by atoms with Crippen molar-refractivity contribution in [1.82, 2.24) is 15.5 Å². The Hall–Kier alpha value is -4.13. The Labute approximate surface area is 222 Å². The quantitative estimate of drug-likeness (QED) is 0.284. The number of fused-ring (bicyclic) bond motifs is 3. The van der Waals surface area contributed by atoms with Crippen molar-refractivity contribution < 1.29 is 22.7 Å². The number of carbonyl (C=O) groups excluding carboxylic acids is 2. The van der Waals surface area contributed by atoms with Gasteiger partial charge in [-0.2, -0.15) is 0 Å². The Balaban J connectivity index is 1.09. The van der Waals surface area contributed by atoms with E-state index in [1.165, 1.54) is 11.1 Å². The van der Waals surface area contributed by atoms with Gasteiger partial charge in [-0.1, -0.05) is 72.0 Å². The molecule has 0 atom stereocenters. The first-order valence-corrected chi connectivity index (χ1v) is 14.0. The monoisotopic (exact) mass is 549 g/mol. The highest BCUT2D eigenvalue weighted by Crippen LogP contribution is 2.44. The first-order chi connectivity index (χ1) is 18.3. The van der Waals surface area contributed by atoms with Crippen molar-refractivity contribution in [3.8, 4) is 11.1 Å². The van der Waals surface area contributed by atoms with E-state index in [9.17, 15) is 18.0 Å². The van der Waals surface area contributed by atoms with Crippen molar-refractivity contribution in [3.05, 3.63) is 95.1 Å². The summed E-state index contributed by atoms with van der Waals surface area (Å²) in [7, 11) is -3.98. The zero-order valence-corrected chi connectivity index (χ0v) is 21.6. The summed E-state index contributed by atoms with van der Waals surface area (Å²) >= 11 is 0.666. The fourth-order valence-corrected chi connectivity index (χ4v) is 5.65. The van der Waals surface area contributed by atoms with E-state index in [1.807, 2.05) is 24.3 Å². The van der Waals surface area contributed by atoms with E-state index in [2.05, 4.69) is 45.1 Å². The van der Waals surface area contributed by atoms with Gasteiger partial charge in [-0.3, -0.25) is 10.1 Å². The van der Waals surface area contributed by atoms with Crippen molar-refractivity contribution in [1.29, 1.82) is 0 Å². The first kappa shape index (κ1) is 25.5. The van der Waals surface area contributed by atoms with Gasteiger partial charge in [0.05, 0.1) is 0 Å². The minimum atomic E-state index is -3.98. The number of nitrogens with one attached hydrogen (secondary N) is 2. The predicted octanol–water partition coefficient (Wildman–Crippen LogP) is 3.52. The van der Waals surface area contributed by atoms with Crippen molar-refractivity contribution in [2.45, 2.75) is 16.7 Å². The number of benzene rings is 3. The Kier molecular flexibility index (Phi) is 7.18. The van der Waals surface area contributed by atoms with Gasteiger partial charge in [-0.15, -0.1) is 10.2 Å². The van der Waals surface area contributed by atoms with Crippen molar-refractivity contribution in [3.63, 3.8) is 0 Å². The molecule has 3 aromatic carbocycles. The zero-order chi connectivity index (χ0) is 26.7. The maximum Gasteiger partial charge on any atom is 0.407 e. The molecule has 194 valence electrons. The molecular weight excluding hydrogens is 526 g/mol. The lowest BCUT2D eigenvalue weighted by molar-refractivity contribution is 0.102. The van der Waals surface area contributed by atoms with Gasteiger partial charge in [-0.05, 0) is 46.4 Å². The summed E-state index contributed by atoms with van der Waals surface area (Å²) in [5.74, 6) is -0.469. The first-order valence-electron chi connectivity index (χ1n) is 11.6. The predicted molar refractivity (Wildman–Crippen MR) is 142 cm³/mol. The number of hydrogen-bond donors (Lipinski definition) is 3. The van der Waals surface area contributed by atoms with E-state index in [-0.39, 0.29) is 22.0 Å². The summed E-state index contributed by atoms with van der Waals surface area (Å²) in [6.45, 7) is 0.611. The number of ether oxygens (including phenoxy) is 1. The normalized spacial score (nSPS) is 12.4. The van der Waals surface area contributed by atoms with Gasteiger partial charge in [0.25, 0.3) is 15.9 Å². The summed E-state index contributed by atoms with van der Waals surface area (Å²) in [5, 5.41) is 17.3. The average Bonchev–Trinajstić information content (AvgIpc) is 3.51. The second-order valence-electron chi connectivity index (χ2n) is 8.57. The minimum Gasteiger partial charge on any atom is -0.449 e. The molecule has 0 spiro atoms. The van der Waals surface area contributed by atoms with Crippen LogP contribution in [0.3, 0.4) is 0 Å². The molecule has 4 N–H and O–H groups in total. The molecule has 0 aliphatic heterocycles. The standard InChI is InChI=1S/C26H23N5O5S2/c27-38(34,35)26-31-30-24(37-26)29-23(32)17-11-9-16(10-12-17)13-14-28-25(33)36-15-22-20-7-3-1-5-18(20)19-6-2-4-8-21(19)22/h1-12,22H,13-15H2,(H,28,33)(H2,27,34,35)(H,29,30,32). The molecule has 0 fully saturated rings. The van der Waals surface area contributed by atoms with Gasteiger partial charge >= 0.3 is 6.09 Å². The third kappa shape index (κ3) is 5.57. The number of nitrogens with two attached hydrogens (primary N) is 1. The maximum atomic E-state index is 12.4. The Bertz CT molecular complexity index is 1560. The van der Waals surface area contributed by atoms with Gasteiger partial charge in [0.1, 0.15) is 6.61 Å². The number of rotatable bonds is 8. The highest BCUT2D eigenvalue weighted by molar-refractivity contribution is 7.91. The molecule has 1 aromatic heterocycles. The lowest BCUT2D eigenvalue weighted by Gasteiger charge is -2.14. The average molecular weight is 550 g/mol. The fourth-order valence-electron chi connectivity index (χ4n) is 4.33. The molecule has 0 radical (unpaired) electrons. The molecule has 38 heavy (non-hydrogen) atoms. The third-order valence-electron chi connectivity index (χ3n) is 6.11. The number of nitrogens with zero attached hydrogens (tertiary/aromatic N) is 2. The van der Waals surface area contributed by atoms with Crippen LogP contribution in [0.15, 0.2) is 77.1 Å². The summed E-state index contributed by atoms with van der Waals surface area (Å²) in [5.41, 5.74) is 5.92. The van der Waals surface area contributed by atoms with Crippen LogP contribution in [0.1, 0.15) is 33.0 Å². The summed E-state index contributed by atoms with van der Waals surface area (Å²) in [6.07, 6.45) is 0.0546. The van der Waals surface area contributed by atoms with E-state index in [0.29, 0.717) is 29.9 Å². The number of carbonyl (C=O) groups is 2. The Morgan fingerprint density at radius 3 is 2.16 bits per heavy atom. The Morgan fingerprint density at radius 1 is 0.921 bits per heavy atom. The SMILES string of the molecule is NS(=O)(=O)c1nnc(NC(=O)c2ccc(CCNC(=O)OCC3c4ccccc4-c4ccccc43)cc2)s1. The number of alkyl carbamates (subject to hydrolysis) is 1. The van der Waals surface area contributed by atoms with Crippen LogP contribution in [-0.4, -0.2) is 43.8 Å². The van der Waals surface area contributed by atoms with E-state index < -0.39 is 22.0 Å². The van der Waals surface area contributed by atoms with Crippen LogP contribution in [0.4, 0.5) is 9.93 Å². The fraction of sp³-hybridized carbons (Fsp3) is 0.154. The number of sulfonamides is 1. The van der Waals surface area contributed by atoms with E-state index in [1.54, 1.807) is 24.3 Å². The Morgan fingerprint density at radius 2 is 1.55 bits per heavy atom. The maximum absolute atomic E-state index is 12.4. The van der Waals surface area contributed by atoms with Crippen LogP contribution >= 0.6 is 11.3 Å². The highest BCUT2D eigenvalue weighted by Gasteiger charge is 2.29. The molecule has 1 heterocycles. The zero-order valence-electron chi connectivity index (χ0n) is 20.0. The van der Waals surface area contributed by atoms with Gasteiger partial charge in [0.2, 0.25) is 9.47 Å². The molecule has 0 unspecified atom stereocenters. The number of primary sulfonamides is 1. The van der Waals surface area contributed by atoms with Crippen molar-refractivity contribution in [2.24, 2.45) is 5.14 Å². The molecule has 1 aliphatic rings. The van der Waals surface area contributed by atoms with Crippen LogP contribution in [0, 0.1) is 0 Å². The van der Waals surface area contributed by atoms with Crippen molar-refractivity contribution >= 4 is 38.5 Å². The van der Waals surface area contributed by atoms with Gasteiger partial charge in [0, 0.05) is 18.0 Å². The minimum absolute atomic E-state index is 0.00158. The largest absolute Gasteiger partial charge is 0.449 e. The second-order valence-corrected chi connectivity index (χ2v) is 11.3. The van der Waals surface area contributed by atoms with Gasteiger partial charge < -0.3 is 10.1 Å². The molecule has 0 bridgehead atoms. The molecule has 0 saturated carbocycles. The van der Waals surface area contributed by atoms with Crippen molar-refractivity contribution in [2.75, 3.05) is 18.5 Å². The number of anilines is 1. The van der Waals surface area contributed by atoms with Crippen LogP contribution in [0.25, 0.3) is 11.1 Å². The highest BCUT2D eigenvalue weighted by atomic mass is 32.2. The molecule has 5 rings (SSSR count). The topological polar surface area (TPSA) is 153 Å². The molecule has 4 aromatic rings. The van der Waals surface area contributed by atoms with Gasteiger partial charge in [0.15, 0.2) is 0 Å². The number of aromatic nitrogens is 2. The third-order valence-corrected chi connectivity index (χ3v) is 8.26. The number of amides is 2. The van der Waals surface area contributed by atoms with E-state index in [4.69, 9.17) is 9.88 Å². The van der Waals surface area contributed by atoms with E-state index >= 15 is 0 Å². The van der Waals surface area contributed by atoms with E-state index in [0.717, 1.165) is 16.7 Å². The number of hydrogen-bond acceptors (Lipinski definition) is 8. The molecule has 2 amide bonds. The summed E-state index contributed by atoms with van der Waals surface area (Å²) in [4.78, 5) is 24.7. The molecule has 0 saturated heterocycles. The summed E-state index contributed by atoms with van der Waals surface area (Å²) in [6, 6.07) is 23.1. The van der Waals surface area contributed by atoms with Gasteiger partial charge in [-0.25, -0.2) is 18.4 Å². The molecule has 1 aliphatic carbocycles. The van der Waals surface area contributed by atoms with Crippen LogP contribution in [-0.2, 0) is 21.2 Å². The second kappa shape index (κ2) is 10.7. The molecular formula is C26H23N5O5S2.